The Hall–Kier alpha value is -1.27. The summed E-state index contributed by atoms with van der Waals surface area (Å²) < 4.78 is 0.972. The largest absolute Gasteiger partial charge is 0.351 e. The molecule has 15 heavy (non-hydrogen) atoms. The lowest BCUT2D eigenvalue weighted by atomic mass is 10.1. The van der Waals surface area contributed by atoms with Crippen LogP contribution in [0.1, 0.15) is 22.3 Å². The molecule has 0 saturated heterocycles. The van der Waals surface area contributed by atoms with Crippen molar-refractivity contribution in [1.82, 2.24) is 5.32 Å². The molecular formula is C12H12BrNO. The summed E-state index contributed by atoms with van der Waals surface area (Å²) in [6, 6.07) is 5.56. The Morgan fingerprint density at radius 1 is 1.60 bits per heavy atom. The van der Waals surface area contributed by atoms with Gasteiger partial charge in [0.2, 0.25) is 0 Å². The van der Waals surface area contributed by atoms with Gasteiger partial charge < -0.3 is 5.32 Å². The summed E-state index contributed by atoms with van der Waals surface area (Å²) in [5.41, 5.74) is 1.64. The van der Waals surface area contributed by atoms with E-state index in [1.807, 2.05) is 19.1 Å². The number of terminal acetylenes is 1. The van der Waals surface area contributed by atoms with Gasteiger partial charge in [-0.2, -0.15) is 0 Å². The summed E-state index contributed by atoms with van der Waals surface area (Å²) in [6.07, 6.45) is 5.65. The molecule has 0 unspecified atom stereocenters. The van der Waals surface area contributed by atoms with Crippen LogP contribution in [-0.2, 0) is 0 Å². The molecule has 0 aromatic heterocycles. The molecule has 0 spiro atoms. The van der Waals surface area contributed by atoms with Crippen molar-refractivity contribution in [3.8, 4) is 12.3 Å². The number of hydrogen-bond acceptors (Lipinski definition) is 1. The number of hydrogen-bond donors (Lipinski definition) is 1. The van der Waals surface area contributed by atoms with Gasteiger partial charge in [-0.15, -0.1) is 12.3 Å². The van der Waals surface area contributed by atoms with E-state index in [0.717, 1.165) is 10.0 Å². The highest BCUT2D eigenvalue weighted by molar-refractivity contribution is 9.10. The Kier molecular flexibility index (Phi) is 4.38. The molecule has 0 heterocycles. The highest BCUT2D eigenvalue weighted by Gasteiger charge is 2.07. The first-order valence-electron chi connectivity index (χ1n) is 4.63. The number of rotatable bonds is 3. The van der Waals surface area contributed by atoms with E-state index in [1.165, 1.54) is 0 Å². The topological polar surface area (TPSA) is 29.1 Å². The average Bonchev–Trinajstić information content (AvgIpc) is 2.17. The summed E-state index contributed by atoms with van der Waals surface area (Å²) in [7, 11) is 0. The van der Waals surface area contributed by atoms with E-state index in [9.17, 15) is 4.79 Å². The molecule has 1 amide bonds. The monoisotopic (exact) mass is 265 g/mol. The molecule has 0 saturated carbocycles. The minimum absolute atomic E-state index is 0.0738. The maximum Gasteiger partial charge on any atom is 0.251 e. The third kappa shape index (κ3) is 3.41. The van der Waals surface area contributed by atoms with Gasteiger partial charge in [-0.05, 0) is 30.7 Å². The fourth-order valence-electron chi connectivity index (χ4n) is 1.23. The third-order valence-electron chi connectivity index (χ3n) is 1.99. The lowest BCUT2D eigenvalue weighted by molar-refractivity contribution is 0.0954. The molecule has 2 nitrogen and oxygen atoms in total. The van der Waals surface area contributed by atoms with Crippen LogP contribution in [0.5, 0.6) is 0 Å². The second-order valence-corrected chi connectivity index (χ2v) is 4.08. The van der Waals surface area contributed by atoms with Crippen molar-refractivity contribution >= 4 is 21.8 Å². The SMILES string of the molecule is C#CCCNC(=O)c1ccc(Br)cc1C. The van der Waals surface area contributed by atoms with Crippen molar-refractivity contribution in [1.29, 1.82) is 0 Å². The van der Waals surface area contributed by atoms with Crippen LogP contribution < -0.4 is 5.32 Å². The number of halogens is 1. The summed E-state index contributed by atoms with van der Waals surface area (Å²) in [4.78, 5) is 11.7. The van der Waals surface area contributed by atoms with Crippen LogP contribution in [-0.4, -0.2) is 12.5 Å². The Bertz CT molecular complexity index is 407. The van der Waals surface area contributed by atoms with Crippen LogP contribution in [0, 0.1) is 19.3 Å². The number of carbonyl (C=O) groups excluding carboxylic acids is 1. The second-order valence-electron chi connectivity index (χ2n) is 3.17. The predicted octanol–water partition coefficient (Wildman–Crippen LogP) is 2.51. The zero-order valence-electron chi connectivity index (χ0n) is 8.51. The molecule has 1 rings (SSSR count). The quantitative estimate of drug-likeness (QED) is 0.661. The molecule has 1 aromatic carbocycles. The molecule has 0 fully saturated rings. The highest BCUT2D eigenvalue weighted by atomic mass is 79.9. The first-order valence-corrected chi connectivity index (χ1v) is 5.42. The predicted molar refractivity (Wildman–Crippen MR) is 64.7 cm³/mol. The van der Waals surface area contributed by atoms with Gasteiger partial charge in [-0.25, -0.2) is 0 Å². The average molecular weight is 266 g/mol. The van der Waals surface area contributed by atoms with Crippen molar-refractivity contribution < 1.29 is 4.79 Å². The fraction of sp³-hybridized carbons (Fsp3) is 0.250. The summed E-state index contributed by atoms with van der Waals surface area (Å²) in [6.45, 7) is 2.42. The molecule has 0 aliphatic rings. The zero-order chi connectivity index (χ0) is 11.3. The molecule has 1 aromatic rings. The number of amides is 1. The highest BCUT2D eigenvalue weighted by Crippen LogP contribution is 2.15. The maximum absolute atomic E-state index is 11.7. The first-order chi connectivity index (χ1) is 7.15. The fourth-order valence-corrected chi connectivity index (χ4v) is 1.70. The Labute approximate surface area is 98.2 Å². The summed E-state index contributed by atoms with van der Waals surface area (Å²) in [5.74, 6) is 2.40. The Balaban J connectivity index is 2.70. The van der Waals surface area contributed by atoms with Gasteiger partial charge in [0, 0.05) is 23.0 Å². The van der Waals surface area contributed by atoms with Gasteiger partial charge in [0.05, 0.1) is 0 Å². The van der Waals surface area contributed by atoms with E-state index < -0.39 is 0 Å². The molecule has 1 N–H and O–H groups in total. The smallest absolute Gasteiger partial charge is 0.251 e. The van der Waals surface area contributed by atoms with E-state index in [2.05, 4.69) is 27.2 Å². The van der Waals surface area contributed by atoms with Crippen LogP contribution in [0.3, 0.4) is 0 Å². The van der Waals surface area contributed by atoms with Crippen LogP contribution in [0.25, 0.3) is 0 Å². The van der Waals surface area contributed by atoms with Gasteiger partial charge >= 0.3 is 0 Å². The lowest BCUT2D eigenvalue weighted by Crippen LogP contribution is -2.24. The van der Waals surface area contributed by atoms with Crippen molar-refractivity contribution in [2.45, 2.75) is 13.3 Å². The normalized spacial score (nSPS) is 9.40. The lowest BCUT2D eigenvalue weighted by Gasteiger charge is -2.06. The Morgan fingerprint density at radius 2 is 2.33 bits per heavy atom. The zero-order valence-corrected chi connectivity index (χ0v) is 10.1. The van der Waals surface area contributed by atoms with Crippen molar-refractivity contribution in [2.75, 3.05) is 6.54 Å². The van der Waals surface area contributed by atoms with E-state index >= 15 is 0 Å². The number of carbonyl (C=O) groups is 1. The van der Waals surface area contributed by atoms with E-state index in [1.54, 1.807) is 6.07 Å². The third-order valence-corrected chi connectivity index (χ3v) is 2.48. The first kappa shape index (κ1) is 11.8. The maximum atomic E-state index is 11.7. The van der Waals surface area contributed by atoms with Crippen molar-refractivity contribution in [2.24, 2.45) is 0 Å². The molecule has 0 aliphatic carbocycles. The number of benzene rings is 1. The standard InChI is InChI=1S/C12H12BrNO/c1-3-4-7-14-12(15)11-6-5-10(13)8-9(11)2/h1,5-6,8H,4,7H2,2H3,(H,14,15). The second kappa shape index (κ2) is 5.57. The van der Waals surface area contributed by atoms with E-state index in [0.29, 0.717) is 18.5 Å². The van der Waals surface area contributed by atoms with Crippen molar-refractivity contribution in [3.05, 3.63) is 33.8 Å². The summed E-state index contributed by atoms with van der Waals surface area (Å²) in [5, 5.41) is 2.76. The molecule has 0 bridgehead atoms. The molecular weight excluding hydrogens is 254 g/mol. The minimum Gasteiger partial charge on any atom is -0.351 e. The van der Waals surface area contributed by atoms with Crippen LogP contribution in [0.15, 0.2) is 22.7 Å². The summed E-state index contributed by atoms with van der Waals surface area (Å²) >= 11 is 3.35. The van der Waals surface area contributed by atoms with Crippen molar-refractivity contribution in [3.63, 3.8) is 0 Å². The van der Waals surface area contributed by atoms with Gasteiger partial charge in [-0.1, -0.05) is 15.9 Å². The van der Waals surface area contributed by atoms with Gasteiger partial charge in [0.25, 0.3) is 5.91 Å². The van der Waals surface area contributed by atoms with Gasteiger partial charge in [0.15, 0.2) is 0 Å². The molecule has 0 aliphatic heterocycles. The van der Waals surface area contributed by atoms with Crippen LogP contribution in [0.4, 0.5) is 0 Å². The van der Waals surface area contributed by atoms with Gasteiger partial charge in [-0.3, -0.25) is 4.79 Å². The number of nitrogens with one attached hydrogen (secondary N) is 1. The van der Waals surface area contributed by atoms with E-state index in [4.69, 9.17) is 6.42 Å². The molecule has 78 valence electrons. The molecule has 0 atom stereocenters. The minimum atomic E-state index is -0.0738. The molecule has 3 heteroatoms. The Morgan fingerprint density at radius 3 is 2.93 bits per heavy atom. The van der Waals surface area contributed by atoms with Crippen LogP contribution >= 0.6 is 15.9 Å². The molecule has 0 radical (unpaired) electrons. The van der Waals surface area contributed by atoms with Crippen LogP contribution in [0.2, 0.25) is 0 Å². The van der Waals surface area contributed by atoms with E-state index in [-0.39, 0.29) is 5.91 Å². The number of aryl methyl sites for hydroxylation is 1. The van der Waals surface area contributed by atoms with Gasteiger partial charge in [0.1, 0.15) is 0 Å².